The molecule has 1 aliphatic carbocycles. The minimum Gasteiger partial charge on any atom is -0.361 e. The van der Waals surface area contributed by atoms with Crippen LogP contribution in [0.15, 0.2) is 54.8 Å². The number of aromatic nitrogens is 1. The molecule has 1 aliphatic rings. The van der Waals surface area contributed by atoms with Gasteiger partial charge in [-0.2, -0.15) is 5.26 Å². The van der Waals surface area contributed by atoms with E-state index in [1.807, 2.05) is 30.3 Å². The van der Waals surface area contributed by atoms with E-state index in [-0.39, 0.29) is 0 Å². The van der Waals surface area contributed by atoms with Crippen molar-refractivity contribution in [3.8, 4) is 6.07 Å². The van der Waals surface area contributed by atoms with Crippen molar-refractivity contribution >= 4 is 10.9 Å². The number of hydrogen-bond acceptors (Lipinski definition) is 1. The Bertz CT molecular complexity index is 690. The molecule has 1 heterocycles. The highest BCUT2D eigenvalue weighted by molar-refractivity contribution is 5.84. The third-order valence-electron chi connectivity index (χ3n) is 3.35. The summed E-state index contributed by atoms with van der Waals surface area (Å²) in [4.78, 5) is 3.05. The van der Waals surface area contributed by atoms with Crippen LogP contribution in [0.1, 0.15) is 5.56 Å². The van der Waals surface area contributed by atoms with E-state index in [2.05, 4.69) is 4.98 Å². The molecule has 2 nitrogen and oxygen atoms in total. The number of allylic oxidation sites excluding steroid dienone is 4. The summed E-state index contributed by atoms with van der Waals surface area (Å²) in [5, 5.41) is 9.93. The molecule has 0 fully saturated rings. The van der Waals surface area contributed by atoms with Crippen LogP contribution in [0.3, 0.4) is 0 Å². The number of alkyl halides is 1. The Morgan fingerprint density at radius 3 is 2.94 bits per heavy atom. The average Bonchev–Trinajstić information content (AvgIpc) is 2.83. The molecule has 3 rings (SSSR count). The van der Waals surface area contributed by atoms with Crippen LogP contribution in [0.5, 0.6) is 0 Å². The third kappa shape index (κ3) is 1.39. The molecular formula is C15H11FN2. The lowest BCUT2D eigenvalue weighted by Gasteiger charge is -2.26. The summed E-state index contributed by atoms with van der Waals surface area (Å²) < 4.78 is 15.2. The highest BCUT2D eigenvalue weighted by Gasteiger charge is 2.40. The number of para-hydroxylation sites is 1. The van der Waals surface area contributed by atoms with Crippen LogP contribution in [0.4, 0.5) is 4.39 Å². The van der Waals surface area contributed by atoms with E-state index in [1.54, 1.807) is 24.4 Å². The van der Waals surface area contributed by atoms with Crippen LogP contribution in [0.25, 0.3) is 10.9 Å². The number of rotatable bonds is 1. The zero-order valence-corrected chi connectivity index (χ0v) is 9.60. The number of halogens is 1. The van der Waals surface area contributed by atoms with E-state index in [9.17, 15) is 0 Å². The van der Waals surface area contributed by atoms with Gasteiger partial charge in [0.15, 0.2) is 5.67 Å². The molecular weight excluding hydrogens is 227 g/mol. The Balaban J connectivity index is 2.22. The third-order valence-corrected chi connectivity index (χ3v) is 3.35. The van der Waals surface area contributed by atoms with E-state index in [0.29, 0.717) is 5.56 Å². The molecule has 2 atom stereocenters. The number of benzene rings is 1. The average molecular weight is 238 g/mol. The summed E-state index contributed by atoms with van der Waals surface area (Å²) in [6, 6.07) is 9.54. The molecule has 0 bridgehead atoms. The smallest absolute Gasteiger partial charge is 0.175 e. The number of fused-ring (bicyclic) bond motifs is 1. The summed E-state index contributed by atoms with van der Waals surface area (Å²) >= 11 is 0. The van der Waals surface area contributed by atoms with Gasteiger partial charge in [0, 0.05) is 22.7 Å². The second-order valence-electron chi connectivity index (χ2n) is 4.37. The molecule has 3 heteroatoms. The van der Waals surface area contributed by atoms with Gasteiger partial charge in [0.25, 0.3) is 0 Å². The molecule has 1 N–H and O–H groups in total. The molecule has 0 saturated heterocycles. The maximum absolute atomic E-state index is 15.2. The summed E-state index contributed by atoms with van der Waals surface area (Å²) in [6.07, 6.45) is 8.06. The van der Waals surface area contributed by atoms with Crippen LogP contribution in [-0.4, -0.2) is 4.98 Å². The van der Waals surface area contributed by atoms with Crippen molar-refractivity contribution < 1.29 is 4.39 Å². The van der Waals surface area contributed by atoms with Crippen molar-refractivity contribution in [2.24, 2.45) is 5.92 Å². The van der Waals surface area contributed by atoms with Gasteiger partial charge in [-0.25, -0.2) is 4.39 Å². The Labute approximate surface area is 104 Å². The summed E-state index contributed by atoms with van der Waals surface area (Å²) in [5.41, 5.74) is -0.363. The van der Waals surface area contributed by atoms with E-state index >= 15 is 4.39 Å². The summed E-state index contributed by atoms with van der Waals surface area (Å²) in [6.45, 7) is 0. The van der Waals surface area contributed by atoms with Gasteiger partial charge >= 0.3 is 0 Å². The van der Waals surface area contributed by atoms with Crippen LogP contribution in [0.2, 0.25) is 0 Å². The predicted molar refractivity (Wildman–Crippen MR) is 68.5 cm³/mol. The molecule has 0 aliphatic heterocycles. The largest absolute Gasteiger partial charge is 0.361 e. The van der Waals surface area contributed by atoms with Gasteiger partial charge in [-0.15, -0.1) is 0 Å². The Morgan fingerprint density at radius 2 is 2.11 bits per heavy atom. The minimum atomic E-state index is -1.76. The van der Waals surface area contributed by atoms with E-state index in [4.69, 9.17) is 5.26 Å². The molecule has 1 aromatic carbocycles. The SMILES string of the molecule is N#CC1C=CC=CC1(F)c1c[nH]c2ccccc12. The van der Waals surface area contributed by atoms with Crippen molar-refractivity contribution in [1.29, 1.82) is 5.26 Å². The first-order chi connectivity index (χ1) is 8.75. The number of hydrogen-bond donors (Lipinski definition) is 1. The topological polar surface area (TPSA) is 39.6 Å². The lowest BCUT2D eigenvalue weighted by atomic mass is 9.81. The number of nitriles is 1. The molecule has 0 amide bonds. The molecule has 0 radical (unpaired) electrons. The van der Waals surface area contributed by atoms with Crippen LogP contribution < -0.4 is 0 Å². The minimum absolute atomic E-state index is 0.519. The number of aromatic amines is 1. The Hall–Kier alpha value is -2.34. The Kier molecular flexibility index (Phi) is 2.31. The molecule has 0 saturated carbocycles. The van der Waals surface area contributed by atoms with E-state index in [1.165, 1.54) is 6.08 Å². The van der Waals surface area contributed by atoms with Crippen molar-refractivity contribution in [2.75, 3.05) is 0 Å². The first-order valence-electron chi connectivity index (χ1n) is 5.77. The fourth-order valence-electron chi connectivity index (χ4n) is 2.40. The van der Waals surface area contributed by atoms with Gasteiger partial charge in [0.05, 0.1) is 6.07 Å². The maximum Gasteiger partial charge on any atom is 0.175 e. The summed E-state index contributed by atoms with van der Waals surface area (Å²) in [7, 11) is 0. The first-order valence-corrected chi connectivity index (χ1v) is 5.77. The fourth-order valence-corrected chi connectivity index (χ4v) is 2.40. The van der Waals surface area contributed by atoms with Gasteiger partial charge in [0.1, 0.15) is 5.92 Å². The molecule has 88 valence electrons. The van der Waals surface area contributed by atoms with Crippen molar-refractivity contribution in [3.63, 3.8) is 0 Å². The molecule has 2 unspecified atom stereocenters. The van der Waals surface area contributed by atoms with Gasteiger partial charge in [-0.1, -0.05) is 36.4 Å². The standard InChI is InChI=1S/C15H11FN2/c16-15(8-4-3-5-11(15)9-17)13-10-18-14-7-2-1-6-12(13)14/h1-8,10-11,18H. The second-order valence-corrected chi connectivity index (χ2v) is 4.37. The zero-order chi connectivity index (χ0) is 12.6. The quantitative estimate of drug-likeness (QED) is 0.810. The molecule has 2 aromatic rings. The van der Waals surface area contributed by atoms with Crippen molar-refractivity contribution in [2.45, 2.75) is 5.67 Å². The Morgan fingerprint density at radius 1 is 1.28 bits per heavy atom. The molecule has 1 aromatic heterocycles. The predicted octanol–water partition coefficient (Wildman–Crippen LogP) is 3.60. The maximum atomic E-state index is 15.2. The van der Waals surface area contributed by atoms with Crippen molar-refractivity contribution in [1.82, 2.24) is 4.98 Å². The number of nitrogens with one attached hydrogen (secondary N) is 1. The number of H-pyrrole nitrogens is 1. The van der Waals surface area contributed by atoms with Crippen LogP contribution >= 0.6 is 0 Å². The van der Waals surface area contributed by atoms with Gasteiger partial charge in [-0.05, 0) is 12.1 Å². The normalized spacial score (nSPS) is 26.3. The molecule has 0 spiro atoms. The van der Waals surface area contributed by atoms with Crippen LogP contribution in [0, 0.1) is 17.2 Å². The number of nitrogens with zero attached hydrogens (tertiary/aromatic N) is 1. The fraction of sp³-hybridized carbons (Fsp3) is 0.133. The summed E-state index contributed by atoms with van der Waals surface area (Å²) in [5.74, 6) is -0.790. The molecule has 18 heavy (non-hydrogen) atoms. The lowest BCUT2D eigenvalue weighted by molar-refractivity contribution is 0.198. The monoisotopic (exact) mass is 238 g/mol. The van der Waals surface area contributed by atoms with Gasteiger partial charge < -0.3 is 4.98 Å². The second kappa shape index (κ2) is 3.85. The highest BCUT2D eigenvalue weighted by atomic mass is 19.1. The van der Waals surface area contributed by atoms with Gasteiger partial charge in [0.2, 0.25) is 0 Å². The van der Waals surface area contributed by atoms with Crippen LogP contribution in [-0.2, 0) is 5.67 Å². The van der Waals surface area contributed by atoms with Gasteiger partial charge in [-0.3, -0.25) is 0 Å². The van der Waals surface area contributed by atoms with Crippen molar-refractivity contribution in [3.05, 3.63) is 60.3 Å². The van der Waals surface area contributed by atoms with E-state index < -0.39 is 11.6 Å². The highest BCUT2D eigenvalue weighted by Crippen LogP contribution is 2.41. The van der Waals surface area contributed by atoms with E-state index in [0.717, 1.165) is 10.9 Å². The zero-order valence-electron chi connectivity index (χ0n) is 9.60. The first kappa shape index (κ1) is 10.8. The lowest BCUT2D eigenvalue weighted by Crippen LogP contribution is -2.27.